The minimum Gasteiger partial charge on any atom is -0.480 e. The molecule has 0 aliphatic carbocycles. The van der Waals surface area contributed by atoms with Gasteiger partial charge in [-0.3, -0.25) is 9.69 Å². The summed E-state index contributed by atoms with van der Waals surface area (Å²) in [7, 11) is 1.89. The molecule has 0 saturated carbocycles. The lowest BCUT2D eigenvalue weighted by atomic mass is 9.89. The number of hydrogen-bond donors (Lipinski definition) is 1. The second kappa shape index (κ2) is 5.35. The molecule has 0 aromatic carbocycles. The minimum absolute atomic E-state index is 0.399. The Morgan fingerprint density at radius 2 is 2.00 bits per heavy atom. The Bertz CT molecular complexity index is 192. The van der Waals surface area contributed by atoms with Crippen molar-refractivity contribution in [3.05, 3.63) is 0 Å². The Morgan fingerprint density at radius 1 is 1.50 bits per heavy atom. The highest BCUT2D eigenvalue weighted by Crippen LogP contribution is 2.23. The summed E-state index contributed by atoms with van der Waals surface area (Å²) < 4.78 is 0. The smallest absolute Gasteiger partial charge is 0.323 e. The molecule has 0 bridgehead atoms. The number of hydrogen-bond acceptors (Lipinski definition) is 2. The highest BCUT2D eigenvalue weighted by atomic mass is 16.4. The maximum Gasteiger partial charge on any atom is 0.323 e. The standard InChI is InChI=1S/C11H23NO2/c1-6-7-12(5)11(4,10(13)14)8-9(2)3/h9H,6-8H2,1-5H3,(H,13,14). The van der Waals surface area contributed by atoms with Crippen LogP contribution in [0, 0.1) is 5.92 Å². The molecule has 0 saturated heterocycles. The zero-order chi connectivity index (χ0) is 11.4. The van der Waals surface area contributed by atoms with Crippen molar-refractivity contribution in [1.29, 1.82) is 0 Å². The fraction of sp³-hybridized carbons (Fsp3) is 0.909. The molecule has 1 atom stereocenters. The third-order valence-electron chi connectivity index (χ3n) is 2.67. The van der Waals surface area contributed by atoms with Crippen molar-refractivity contribution in [2.45, 2.75) is 46.1 Å². The van der Waals surface area contributed by atoms with Crippen LogP contribution in [-0.4, -0.2) is 35.1 Å². The van der Waals surface area contributed by atoms with Gasteiger partial charge in [-0.05, 0) is 39.3 Å². The maximum absolute atomic E-state index is 11.2. The quantitative estimate of drug-likeness (QED) is 0.716. The molecular formula is C11H23NO2. The molecular weight excluding hydrogens is 178 g/mol. The third-order valence-corrected chi connectivity index (χ3v) is 2.67. The maximum atomic E-state index is 11.2. The van der Waals surface area contributed by atoms with Gasteiger partial charge in [0.2, 0.25) is 0 Å². The number of likely N-dealkylation sites (N-methyl/N-ethyl adjacent to an activating group) is 1. The second-order valence-electron chi connectivity index (χ2n) is 4.60. The van der Waals surface area contributed by atoms with E-state index in [9.17, 15) is 9.90 Å². The van der Waals surface area contributed by atoms with Crippen molar-refractivity contribution < 1.29 is 9.90 Å². The summed E-state index contributed by atoms with van der Waals surface area (Å²) in [5.41, 5.74) is -0.718. The van der Waals surface area contributed by atoms with Crippen LogP contribution in [0.25, 0.3) is 0 Å². The molecule has 1 unspecified atom stereocenters. The summed E-state index contributed by atoms with van der Waals surface area (Å²) in [6, 6.07) is 0. The van der Waals surface area contributed by atoms with Gasteiger partial charge in [-0.2, -0.15) is 0 Å². The van der Waals surface area contributed by atoms with Gasteiger partial charge in [0.15, 0.2) is 0 Å². The normalized spacial score (nSPS) is 15.9. The zero-order valence-corrected chi connectivity index (χ0v) is 10.0. The monoisotopic (exact) mass is 201 g/mol. The molecule has 0 fully saturated rings. The molecule has 3 nitrogen and oxygen atoms in total. The van der Waals surface area contributed by atoms with Gasteiger partial charge in [0.05, 0.1) is 0 Å². The predicted octanol–water partition coefficient (Wildman–Crippen LogP) is 2.22. The molecule has 1 N–H and O–H groups in total. The van der Waals surface area contributed by atoms with Crippen LogP contribution < -0.4 is 0 Å². The summed E-state index contributed by atoms with van der Waals surface area (Å²) in [5, 5.41) is 9.24. The molecule has 0 amide bonds. The largest absolute Gasteiger partial charge is 0.480 e. The molecule has 0 aliphatic heterocycles. The molecule has 0 aromatic rings. The highest BCUT2D eigenvalue weighted by Gasteiger charge is 2.37. The average molecular weight is 201 g/mol. The molecule has 0 spiro atoms. The van der Waals surface area contributed by atoms with Crippen LogP contribution in [0.2, 0.25) is 0 Å². The number of carboxylic acid groups (broad SMARTS) is 1. The van der Waals surface area contributed by atoms with Crippen LogP contribution in [-0.2, 0) is 4.79 Å². The van der Waals surface area contributed by atoms with Gasteiger partial charge < -0.3 is 5.11 Å². The number of rotatable bonds is 6. The first-order valence-electron chi connectivity index (χ1n) is 5.29. The SMILES string of the molecule is CCCN(C)C(C)(CC(C)C)C(=O)O. The first-order valence-corrected chi connectivity index (χ1v) is 5.29. The van der Waals surface area contributed by atoms with Crippen LogP contribution in [0.5, 0.6) is 0 Å². The van der Waals surface area contributed by atoms with E-state index >= 15 is 0 Å². The van der Waals surface area contributed by atoms with Gasteiger partial charge >= 0.3 is 5.97 Å². The van der Waals surface area contributed by atoms with Gasteiger partial charge in [-0.1, -0.05) is 20.8 Å². The molecule has 0 radical (unpaired) electrons. The van der Waals surface area contributed by atoms with Crippen molar-refractivity contribution in [1.82, 2.24) is 4.90 Å². The Kier molecular flexibility index (Phi) is 5.13. The first kappa shape index (κ1) is 13.4. The van der Waals surface area contributed by atoms with Crippen molar-refractivity contribution in [3.8, 4) is 0 Å². The summed E-state index contributed by atoms with van der Waals surface area (Å²) in [4.78, 5) is 13.2. The highest BCUT2D eigenvalue weighted by molar-refractivity contribution is 5.78. The van der Waals surface area contributed by atoms with Crippen LogP contribution in [0.1, 0.15) is 40.5 Å². The van der Waals surface area contributed by atoms with Crippen molar-refractivity contribution >= 4 is 5.97 Å². The Hall–Kier alpha value is -0.570. The fourth-order valence-electron chi connectivity index (χ4n) is 1.78. The van der Waals surface area contributed by atoms with E-state index in [-0.39, 0.29) is 0 Å². The summed E-state index contributed by atoms with van der Waals surface area (Å²) in [5.74, 6) is -0.322. The van der Waals surface area contributed by atoms with E-state index in [0.29, 0.717) is 12.3 Å². The Balaban J connectivity index is 4.61. The Labute approximate surface area is 87.1 Å². The second-order valence-corrected chi connectivity index (χ2v) is 4.60. The van der Waals surface area contributed by atoms with Crippen molar-refractivity contribution in [2.75, 3.05) is 13.6 Å². The van der Waals surface area contributed by atoms with Crippen LogP contribution in [0.4, 0.5) is 0 Å². The molecule has 0 aliphatic rings. The fourth-order valence-corrected chi connectivity index (χ4v) is 1.78. The van der Waals surface area contributed by atoms with Crippen LogP contribution in [0.15, 0.2) is 0 Å². The van der Waals surface area contributed by atoms with Crippen molar-refractivity contribution in [3.63, 3.8) is 0 Å². The lowest BCUT2D eigenvalue weighted by Gasteiger charge is -2.36. The van der Waals surface area contributed by atoms with E-state index in [1.807, 2.05) is 18.9 Å². The lowest BCUT2D eigenvalue weighted by molar-refractivity contribution is -0.150. The molecule has 0 aromatic heterocycles. The van der Waals surface area contributed by atoms with Gasteiger partial charge in [-0.25, -0.2) is 0 Å². The summed E-state index contributed by atoms with van der Waals surface area (Å²) in [6.45, 7) is 8.82. The van der Waals surface area contributed by atoms with Crippen molar-refractivity contribution in [2.24, 2.45) is 5.92 Å². The number of aliphatic carboxylic acids is 1. The number of carbonyl (C=O) groups is 1. The van der Waals surface area contributed by atoms with E-state index in [1.165, 1.54) is 0 Å². The van der Waals surface area contributed by atoms with E-state index < -0.39 is 11.5 Å². The zero-order valence-electron chi connectivity index (χ0n) is 10.0. The summed E-state index contributed by atoms with van der Waals surface area (Å²) >= 11 is 0. The lowest BCUT2D eigenvalue weighted by Crippen LogP contribution is -2.51. The number of carboxylic acids is 1. The Morgan fingerprint density at radius 3 is 2.29 bits per heavy atom. The van der Waals surface area contributed by atoms with Gasteiger partial charge in [0.25, 0.3) is 0 Å². The molecule has 14 heavy (non-hydrogen) atoms. The van der Waals surface area contributed by atoms with Crippen LogP contribution >= 0.6 is 0 Å². The van der Waals surface area contributed by atoms with Gasteiger partial charge in [0, 0.05) is 0 Å². The van der Waals surface area contributed by atoms with E-state index in [1.54, 1.807) is 0 Å². The summed E-state index contributed by atoms with van der Waals surface area (Å²) in [6.07, 6.45) is 1.68. The molecule has 84 valence electrons. The van der Waals surface area contributed by atoms with E-state index in [4.69, 9.17) is 0 Å². The number of nitrogens with zero attached hydrogens (tertiary/aromatic N) is 1. The van der Waals surface area contributed by atoms with Crippen LogP contribution in [0.3, 0.4) is 0 Å². The van der Waals surface area contributed by atoms with E-state index in [0.717, 1.165) is 13.0 Å². The minimum atomic E-state index is -0.720. The van der Waals surface area contributed by atoms with Gasteiger partial charge in [-0.15, -0.1) is 0 Å². The molecule has 0 rings (SSSR count). The third kappa shape index (κ3) is 3.29. The average Bonchev–Trinajstić information content (AvgIpc) is 2.02. The predicted molar refractivity (Wildman–Crippen MR) is 58.4 cm³/mol. The molecule has 0 heterocycles. The molecule has 3 heteroatoms. The van der Waals surface area contributed by atoms with E-state index in [2.05, 4.69) is 20.8 Å². The first-order chi connectivity index (χ1) is 6.34. The topological polar surface area (TPSA) is 40.5 Å². The van der Waals surface area contributed by atoms with Gasteiger partial charge in [0.1, 0.15) is 5.54 Å².